The van der Waals surface area contributed by atoms with Gasteiger partial charge in [0.2, 0.25) is 0 Å². The van der Waals surface area contributed by atoms with Crippen molar-refractivity contribution in [3.05, 3.63) is 40.4 Å². The maximum atomic E-state index is 12.2. The van der Waals surface area contributed by atoms with Crippen molar-refractivity contribution in [2.24, 2.45) is 0 Å². The van der Waals surface area contributed by atoms with Crippen molar-refractivity contribution in [1.82, 2.24) is 19.8 Å². The Bertz CT molecular complexity index is 758. The number of hydrogen-bond acceptors (Lipinski definition) is 5. The molecule has 1 saturated heterocycles. The Hall–Kier alpha value is -1.76. The van der Waals surface area contributed by atoms with Gasteiger partial charge in [-0.3, -0.25) is 9.69 Å². The number of β-amino-alcohol motifs (C(OH)–C–C–N with tert-alkyl or cyclic N) is 1. The molecule has 1 aromatic carbocycles. The largest absolute Gasteiger partial charge is 0.392 e. The van der Waals surface area contributed by atoms with Crippen LogP contribution in [0.2, 0.25) is 0 Å². The van der Waals surface area contributed by atoms with Crippen LogP contribution in [-0.4, -0.2) is 69.7 Å². The zero-order valence-electron chi connectivity index (χ0n) is 15.1. The predicted octanol–water partition coefficient (Wildman–Crippen LogP) is 1.24. The first-order valence-corrected chi connectivity index (χ1v) is 9.19. The molecule has 1 aromatic heterocycles. The number of aromatic nitrogens is 2. The van der Waals surface area contributed by atoms with Gasteiger partial charge in [-0.2, -0.15) is 0 Å². The van der Waals surface area contributed by atoms with Gasteiger partial charge < -0.3 is 15.0 Å². The Labute approximate surface area is 148 Å². The lowest BCUT2D eigenvalue weighted by Gasteiger charge is -2.41. The van der Waals surface area contributed by atoms with Crippen molar-refractivity contribution in [1.29, 1.82) is 0 Å². The van der Waals surface area contributed by atoms with Gasteiger partial charge in [0.15, 0.2) is 0 Å². The second kappa shape index (κ2) is 8.08. The zero-order chi connectivity index (χ0) is 17.8. The molecule has 136 valence electrons. The molecule has 6 heteroatoms. The average molecular weight is 344 g/mol. The minimum atomic E-state index is -0.285. The molecule has 3 rings (SSSR count). The summed E-state index contributed by atoms with van der Waals surface area (Å²) >= 11 is 0. The number of hydrogen-bond donors (Lipinski definition) is 2. The number of fused-ring (bicyclic) bond motifs is 1. The monoisotopic (exact) mass is 344 g/mol. The molecule has 1 fully saturated rings. The van der Waals surface area contributed by atoms with E-state index in [0.29, 0.717) is 11.4 Å². The van der Waals surface area contributed by atoms with Crippen molar-refractivity contribution in [3.63, 3.8) is 0 Å². The second-order valence-electron chi connectivity index (χ2n) is 6.99. The lowest BCUT2D eigenvalue weighted by atomic mass is 10.1. The molecule has 2 aromatic rings. The SMILES string of the molecule is CCC1CN(CCc2nc3ccccc3c(=O)[nH]2)CCN1CC(C)O. The van der Waals surface area contributed by atoms with Gasteiger partial charge in [-0.1, -0.05) is 19.1 Å². The third-order valence-corrected chi connectivity index (χ3v) is 4.99. The Morgan fingerprint density at radius 1 is 1.36 bits per heavy atom. The van der Waals surface area contributed by atoms with E-state index >= 15 is 0 Å². The summed E-state index contributed by atoms with van der Waals surface area (Å²) in [7, 11) is 0. The highest BCUT2D eigenvalue weighted by molar-refractivity contribution is 5.77. The highest BCUT2D eigenvalue weighted by Crippen LogP contribution is 2.14. The van der Waals surface area contributed by atoms with Gasteiger partial charge in [0, 0.05) is 45.2 Å². The fraction of sp³-hybridized carbons (Fsp3) is 0.579. The molecule has 0 aliphatic carbocycles. The summed E-state index contributed by atoms with van der Waals surface area (Å²) in [5, 5.41) is 10.3. The Morgan fingerprint density at radius 2 is 2.16 bits per heavy atom. The van der Waals surface area contributed by atoms with Gasteiger partial charge in [0.05, 0.1) is 17.0 Å². The Kier molecular flexibility index (Phi) is 5.83. The summed E-state index contributed by atoms with van der Waals surface area (Å²) in [5.74, 6) is 0.753. The van der Waals surface area contributed by atoms with Crippen molar-refractivity contribution >= 4 is 10.9 Å². The number of aliphatic hydroxyl groups is 1. The van der Waals surface area contributed by atoms with Crippen LogP contribution in [0.15, 0.2) is 29.1 Å². The van der Waals surface area contributed by atoms with Crippen molar-refractivity contribution in [2.75, 3.05) is 32.7 Å². The van der Waals surface area contributed by atoms with Crippen LogP contribution in [-0.2, 0) is 6.42 Å². The molecule has 2 N–H and O–H groups in total. The normalized spacial score (nSPS) is 20.8. The fourth-order valence-electron chi connectivity index (χ4n) is 3.64. The molecule has 0 amide bonds. The first kappa shape index (κ1) is 18.0. The van der Waals surface area contributed by atoms with Gasteiger partial charge in [-0.25, -0.2) is 4.98 Å². The number of para-hydroxylation sites is 1. The van der Waals surface area contributed by atoms with E-state index in [-0.39, 0.29) is 11.7 Å². The number of nitrogens with one attached hydrogen (secondary N) is 1. The summed E-state index contributed by atoms with van der Waals surface area (Å²) in [4.78, 5) is 24.5. The van der Waals surface area contributed by atoms with E-state index in [4.69, 9.17) is 0 Å². The highest BCUT2D eigenvalue weighted by Gasteiger charge is 2.26. The first-order chi connectivity index (χ1) is 12.1. The van der Waals surface area contributed by atoms with E-state index in [1.54, 1.807) is 6.07 Å². The minimum Gasteiger partial charge on any atom is -0.392 e. The molecular weight excluding hydrogens is 316 g/mol. The van der Waals surface area contributed by atoms with E-state index in [9.17, 15) is 9.90 Å². The molecule has 6 nitrogen and oxygen atoms in total. The van der Waals surface area contributed by atoms with Crippen LogP contribution in [0.3, 0.4) is 0 Å². The van der Waals surface area contributed by atoms with Crippen molar-refractivity contribution < 1.29 is 5.11 Å². The summed E-state index contributed by atoms with van der Waals surface area (Å²) in [6.07, 6.45) is 1.54. The summed E-state index contributed by atoms with van der Waals surface area (Å²) in [6, 6.07) is 7.93. The van der Waals surface area contributed by atoms with Crippen LogP contribution in [0.5, 0.6) is 0 Å². The van der Waals surface area contributed by atoms with Gasteiger partial charge in [-0.05, 0) is 25.5 Å². The average Bonchev–Trinajstić information content (AvgIpc) is 2.60. The third kappa shape index (κ3) is 4.45. The van der Waals surface area contributed by atoms with Crippen molar-refractivity contribution in [3.8, 4) is 0 Å². The Morgan fingerprint density at radius 3 is 2.92 bits per heavy atom. The van der Waals surface area contributed by atoms with E-state index in [0.717, 1.165) is 56.9 Å². The number of H-pyrrole nitrogens is 1. The molecule has 0 spiro atoms. The maximum Gasteiger partial charge on any atom is 0.258 e. The van der Waals surface area contributed by atoms with E-state index < -0.39 is 0 Å². The Balaban J connectivity index is 1.61. The van der Waals surface area contributed by atoms with Crippen molar-refractivity contribution in [2.45, 2.75) is 38.8 Å². The number of benzene rings is 1. The molecule has 0 radical (unpaired) electrons. The van der Waals surface area contributed by atoms with Gasteiger partial charge in [-0.15, -0.1) is 0 Å². The number of aliphatic hydroxyl groups excluding tert-OH is 1. The summed E-state index contributed by atoms with van der Waals surface area (Å²) < 4.78 is 0. The van der Waals surface area contributed by atoms with Gasteiger partial charge >= 0.3 is 0 Å². The molecule has 0 bridgehead atoms. The topological polar surface area (TPSA) is 72.5 Å². The standard InChI is InChI=1S/C19H28N4O2/c1-3-15-13-22(10-11-23(15)12-14(2)24)9-8-18-20-17-7-5-4-6-16(17)19(25)21-18/h4-7,14-15,24H,3,8-13H2,1-2H3,(H,20,21,25). The third-order valence-electron chi connectivity index (χ3n) is 4.99. The molecule has 25 heavy (non-hydrogen) atoms. The molecule has 1 aliphatic rings. The lowest BCUT2D eigenvalue weighted by Crippen LogP contribution is -2.54. The highest BCUT2D eigenvalue weighted by atomic mass is 16.3. The van der Waals surface area contributed by atoms with E-state index in [1.807, 2.05) is 25.1 Å². The summed E-state index contributed by atoms with van der Waals surface area (Å²) in [6.45, 7) is 8.64. The van der Waals surface area contributed by atoms with Crippen LogP contribution in [0.4, 0.5) is 0 Å². The molecule has 2 atom stereocenters. The fourth-order valence-corrected chi connectivity index (χ4v) is 3.64. The number of rotatable bonds is 6. The number of nitrogens with zero attached hydrogens (tertiary/aromatic N) is 3. The quantitative estimate of drug-likeness (QED) is 0.825. The van der Waals surface area contributed by atoms with Crippen LogP contribution >= 0.6 is 0 Å². The van der Waals surface area contributed by atoms with Crippen LogP contribution in [0.25, 0.3) is 10.9 Å². The molecule has 0 saturated carbocycles. The molecular formula is C19H28N4O2. The molecule has 2 heterocycles. The number of piperazine rings is 1. The predicted molar refractivity (Wildman–Crippen MR) is 99.8 cm³/mol. The van der Waals surface area contributed by atoms with E-state index in [1.165, 1.54) is 0 Å². The summed E-state index contributed by atoms with van der Waals surface area (Å²) in [5.41, 5.74) is 0.697. The van der Waals surface area contributed by atoms with Gasteiger partial charge in [0.1, 0.15) is 5.82 Å². The van der Waals surface area contributed by atoms with Crippen LogP contribution in [0.1, 0.15) is 26.1 Å². The second-order valence-corrected chi connectivity index (χ2v) is 6.99. The zero-order valence-corrected chi connectivity index (χ0v) is 15.1. The smallest absolute Gasteiger partial charge is 0.258 e. The molecule has 2 unspecified atom stereocenters. The molecule has 1 aliphatic heterocycles. The maximum absolute atomic E-state index is 12.2. The van der Waals surface area contributed by atoms with E-state index in [2.05, 4.69) is 26.7 Å². The van der Waals surface area contributed by atoms with Crippen LogP contribution < -0.4 is 5.56 Å². The number of aromatic amines is 1. The first-order valence-electron chi connectivity index (χ1n) is 9.19. The minimum absolute atomic E-state index is 0.0613. The lowest BCUT2D eigenvalue weighted by molar-refractivity contribution is 0.0369. The van der Waals surface area contributed by atoms with Crippen LogP contribution in [0, 0.1) is 0 Å². The van der Waals surface area contributed by atoms with Gasteiger partial charge in [0.25, 0.3) is 5.56 Å².